The number of nitrogens with zero attached hydrogens (tertiary/aromatic N) is 3. The maximum atomic E-state index is 12.7. The summed E-state index contributed by atoms with van der Waals surface area (Å²) in [5, 5.41) is 3.36. The molecular formula is C8H8FN3O. The van der Waals surface area contributed by atoms with Crippen molar-refractivity contribution in [3.05, 3.63) is 40.0 Å². The first-order chi connectivity index (χ1) is 6.27. The first-order valence-electron chi connectivity index (χ1n) is 3.61. The molecule has 4 nitrogen and oxygen atoms in total. The maximum Gasteiger partial charge on any atom is 0.126 e. The first-order valence-corrected chi connectivity index (χ1v) is 3.61. The van der Waals surface area contributed by atoms with Crippen LogP contribution in [0.3, 0.4) is 0 Å². The number of rotatable bonds is 3. The summed E-state index contributed by atoms with van der Waals surface area (Å²) in [6, 6.07) is 4.08. The minimum absolute atomic E-state index is 0.167. The highest BCUT2D eigenvalue weighted by molar-refractivity contribution is 5.33. The van der Waals surface area contributed by atoms with E-state index in [1.165, 1.54) is 25.3 Å². The van der Waals surface area contributed by atoms with Gasteiger partial charge in [0.25, 0.3) is 0 Å². The van der Waals surface area contributed by atoms with Gasteiger partial charge in [-0.3, -0.25) is 0 Å². The molecule has 68 valence electrons. The minimum atomic E-state index is -0.374. The van der Waals surface area contributed by atoms with Crippen LogP contribution in [0.5, 0.6) is 5.75 Å². The molecule has 13 heavy (non-hydrogen) atoms. The Balaban J connectivity index is 2.98. The van der Waals surface area contributed by atoms with Gasteiger partial charge in [0.15, 0.2) is 0 Å². The van der Waals surface area contributed by atoms with E-state index in [2.05, 4.69) is 10.0 Å². The third-order valence-electron chi connectivity index (χ3n) is 1.55. The second-order valence-electron chi connectivity index (χ2n) is 2.35. The number of ether oxygens (including phenoxy) is 1. The molecular weight excluding hydrogens is 173 g/mol. The van der Waals surface area contributed by atoms with Crippen molar-refractivity contribution in [2.24, 2.45) is 5.11 Å². The summed E-state index contributed by atoms with van der Waals surface area (Å²) in [4.78, 5) is 2.60. The topological polar surface area (TPSA) is 58.0 Å². The lowest BCUT2D eigenvalue weighted by Gasteiger charge is -2.04. The van der Waals surface area contributed by atoms with E-state index >= 15 is 0 Å². The Morgan fingerprint density at radius 2 is 2.38 bits per heavy atom. The van der Waals surface area contributed by atoms with E-state index in [-0.39, 0.29) is 12.4 Å². The quantitative estimate of drug-likeness (QED) is 0.401. The lowest BCUT2D eigenvalue weighted by Crippen LogP contribution is -1.91. The van der Waals surface area contributed by atoms with Crippen LogP contribution in [0.2, 0.25) is 0 Å². The fraction of sp³-hybridized carbons (Fsp3) is 0.250. The average molecular weight is 181 g/mol. The van der Waals surface area contributed by atoms with Crippen LogP contribution in [0, 0.1) is 5.82 Å². The van der Waals surface area contributed by atoms with Crippen LogP contribution in [0.15, 0.2) is 23.3 Å². The van der Waals surface area contributed by atoms with Gasteiger partial charge in [-0.15, -0.1) is 0 Å². The van der Waals surface area contributed by atoms with Crippen molar-refractivity contribution in [3.63, 3.8) is 0 Å². The Hall–Kier alpha value is -1.74. The van der Waals surface area contributed by atoms with Crippen LogP contribution in [0.25, 0.3) is 10.4 Å². The van der Waals surface area contributed by atoms with Crippen LogP contribution in [-0.2, 0) is 6.54 Å². The third-order valence-corrected chi connectivity index (χ3v) is 1.55. The molecule has 0 bridgehead atoms. The van der Waals surface area contributed by atoms with E-state index < -0.39 is 0 Å². The molecule has 0 saturated carbocycles. The Morgan fingerprint density at radius 3 is 3.00 bits per heavy atom. The lowest BCUT2D eigenvalue weighted by molar-refractivity contribution is 0.406. The smallest absolute Gasteiger partial charge is 0.126 e. The molecule has 0 amide bonds. The highest BCUT2D eigenvalue weighted by Gasteiger charge is 2.02. The minimum Gasteiger partial charge on any atom is -0.496 e. The van der Waals surface area contributed by atoms with E-state index in [0.29, 0.717) is 11.3 Å². The number of hydrogen-bond acceptors (Lipinski definition) is 2. The van der Waals surface area contributed by atoms with Crippen LogP contribution in [-0.4, -0.2) is 7.11 Å². The Labute approximate surface area is 74.6 Å². The molecule has 0 saturated heterocycles. The van der Waals surface area contributed by atoms with Gasteiger partial charge < -0.3 is 4.74 Å². The summed E-state index contributed by atoms with van der Waals surface area (Å²) in [5.41, 5.74) is 8.76. The van der Waals surface area contributed by atoms with Gasteiger partial charge in [-0.25, -0.2) is 4.39 Å². The molecule has 0 aliphatic heterocycles. The zero-order chi connectivity index (χ0) is 9.68. The molecule has 0 radical (unpaired) electrons. The van der Waals surface area contributed by atoms with Crippen molar-refractivity contribution in [1.82, 2.24) is 0 Å². The van der Waals surface area contributed by atoms with E-state index in [0.717, 1.165) is 0 Å². The molecule has 0 fully saturated rings. The number of azide groups is 1. The molecule has 5 heteroatoms. The van der Waals surface area contributed by atoms with Gasteiger partial charge in [0, 0.05) is 16.5 Å². The molecule has 1 rings (SSSR count). The third kappa shape index (κ3) is 2.35. The molecule has 0 atom stereocenters. The number of methoxy groups -OCH3 is 1. The van der Waals surface area contributed by atoms with E-state index in [1.807, 2.05) is 0 Å². The van der Waals surface area contributed by atoms with Crippen LogP contribution < -0.4 is 4.74 Å². The SMILES string of the molecule is COc1cc(F)ccc1CN=[N+]=[N-]. The molecule has 0 N–H and O–H groups in total. The number of hydrogen-bond donors (Lipinski definition) is 0. The van der Waals surface area contributed by atoms with Gasteiger partial charge in [0.2, 0.25) is 0 Å². The largest absolute Gasteiger partial charge is 0.496 e. The van der Waals surface area contributed by atoms with Gasteiger partial charge in [0.05, 0.1) is 13.7 Å². The highest BCUT2D eigenvalue weighted by atomic mass is 19.1. The molecule has 0 aliphatic carbocycles. The summed E-state index contributed by atoms with van der Waals surface area (Å²) in [6.07, 6.45) is 0. The molecule has 0 aliphatic rings. The average Bonchev–Trinajstić information content (AvgIpc) is 2.16. The van der Waals surface area contributed by atoms with Crippen molar-refractivity contribution < 1.29 is 9.13 Å². The standard InChI is InChI=1S/C8H8FN3O/c1-13-8-4-7(9)3-2-6(8)5-11-12-10/h2-4H,5H2,1H3. The Bertz CT molecular complexity index is 347. The van der Waals surface area contributed by atoms with Crippen LogP contribution in [0.4, 0.5) is 4.39 Å². The van der Waals surface area contributed by atoms with Gasteiger partial charge in [0.1, 0.15) is 11.6 Å². The van der Waals surface area contributed by atoms with Crippen molar-refractivity contribution in [2.45, 2.75) is 6.54 Å². The van der Waals surface area contributed by atoms with Crippen LogP contribution >= 0.6 is 0 Å². The van der Waals surface area contributed by atoms with Gasteiger partial charge >= 0.3 is 0 Å². The fourth-order valence-electron chi connectivity index (χ4n) is 0.957. The van der Waals surface area contributed by atoms with Crippen molar-refractivity contribution in [1.29, 1.82) is 0 Å². The molecule has 0 heterocycles. The zero-order valence-electron chi connectivity index (χ0n) is 7.07. The zero-order valence-corrected chi connectivity index (χ0v) is 7.07. The Morgan fingerprint density at radius 1 is 1.62 bits per heavy atom. The van der Waals surface area contributed by atoms with E-state index in [1.54, 1.807) is 0 Å². The summed E-state index contributed by atoms with van der Waals surface area (Å²) >= 11 is 0. The van der Waals surface area contributed by atoms with Crippen molar-refractivity contribution >= 4 is 0 Å². The second kappa shape index (κ2) is 4.33. The fourth-order valence-corrected chi connectivity index (χ4v) is 0.957. The van der Waals surface area contributed by atoms with Crippen molar-refractivity contribution in [2.75, 3.05) is 7.11 Å². The first kappa shape index (κ1) is 9.35. The Kier molecular flexibility index (Phi) is 3.11. The monoisotopic (exact) mass is 181 g/mol. The van der Waals surface area contributed by atoms with Crippen LogP contribution in [0.1, 0.15) is 5.56 Å². The summed E-state index contributed by atoms with van der Waals surface area (Å²) in [5.74, 6) is 0.0222. The summed E-state index contributed by atoms with van der Waals surface area (Å²) in [6.45, 7) is 0.167. The van der Waals surface area contributed by atoms with Gasteiger partial charge in [-0.05, 0) is 11.6 Å². The lowest BCUT2D eigenvalue weighted by atomic mass is 10.2. The maximum absolute atomic E-state index is 12.7. The second-order valence-corrected chi connectivity index (χ2v) is 2.35. The van der Waals surface area contributed by atoms with Crippen molar-refractivity contribution in [3.8, 4) is 5.75 Å². The summed E-state index contributed by atoms with van der Waals surface area (Å²) < 4.78 is 17.6. The highest BCUT2D eigenvalue weighted by Crippen LogP contribution is 2.20. The number of halogens is 1. The van der Waals surface area contributed by atoms with E-state index in [9.17, 15) is 4.39 Å². The van der Waals surface area contributed by atoms with Gasteiger partial charge in [-0.2, -0.15) is 0 Å². The number of benzene rings is 1. The normalized spacial score (nSPS) is 9.08. The summed E-state index contributed by atoms with van der Waals surface area (Å²) in [7, 11) is 1.44. The molecule has 0 spiro atoms. The molecule has 0 aromatic heterocycles. The molecule has 0 unspecified atom stereocenters. The van der Waals surface area contributed by atoms with E-state index in [4.69, 9.17) is 10.3 Å². The molecule has 1 aromatic carbocycles. The molecule has 1 aromatic rings. The van der Waals surface area contributed by atoms with Gasteiger partial charge in [-0.1, -0.05) is 11.2 Å². The predicted octanol–water partition coefficient (Wildman–Crippen LogP) is 2.64. The predicted molar refractivity (Wildman–Crippen MR) is 45.8 cm³/mol.